The van der Waals surface area contributed by atoms with Crippen molar-refractivity contribution in [2.45, 2.75) is 0 Å². The molecule has 1 aliphatic carbocycles. The van der Waals surface area contributed by atoms with Crippen LogP contribution in [-0.4, -0.2) is 24.6 Å². The van der Waals surface area contributed by atoms with Crippen LogP contribution in [-0.2, 0) is 4.74 Å². The normalized spacial score (nSPS) is 13.8. The van der Waals surface area contributed by atoms with E-state index in [0.29, 0.717) is 5.69 Å². The zero-order valence-electron chi connectivity index (χ0n) is 12.2. The van der Waals surface area contributed by atoms with Crippen molar-refractivity contribution in [1.82, 2.24) is 0 Å². The molecular formula is C16H9ClFNO4S. The Hall–Kier alpha value is -2.51. The highest BCUT2D eigenvalue weighted by Crippen LogP contribution is 2.35. The second-order valence-electron chi connectivity index (χ2n) is 4.82. The Balaban J connectivity index is 1.99. The van der Waals surface area contributed by atoms with Gasteiger partial charge >= 0.3 is 5.97 Å². The number of hydrogen-bond acceptors (Lipinski definition) is 6. The third kappa shape index (κ3) is 2.72. The van der Waals surface area contributed by atoms with Crippen molar-refractivity contribution >= 4 is 46.2 Å². The minimum absolute atomic E-state index is 0.0828. The van der Waals surface area contributed by atoms with Crippen molar-refractivity contribution in [3.05, 3.63) is 62.2 Å². The van der Waals surface area contributed by atoms with Crippen LogP contribution in [0.3, 0.4) is 0 Å². The van der Waals surface area contributed by atoms with Gasteiger partial charge in [0.25, 0.3) is 0 Å². The van der Waals surface area contributed by atoms with Crippen LogP contribution in [0.15, 0.2) is 41.1 Å². The molecule has 3 rings (SSSR count). The molecule has 0 unspecified atom stereocenters. The molecule has 5 nitrogen and oxygen atoms in total. The van der Waals surface area contributed by atoms with E-state index in [1.807, 2.05) is 0 Å². The SMILES string of the molecule is COC(=O)c1cc2c(s1)C(=O)C(Cl)=C(Nc1ccc(F)cc1)C2=O. The predicted molar refractivity (Wildman–Crippen MR) is 87.2 cm³/mol. The summed E-state index contributed by atoms with van der Waals surface area (Å²) in [6, 6.07) is 6.54. The van der Waals surface area contributed by atoms with Crippen molar-refractivity contribution in [2.24, 2.45) is 0 Å². The monoisotopic (exact) mass is 365 g/mol. The lowest BCUT2D eigenvalue weighted by Gasteiger charge is -2.16. The Labute approximate surface area is 144 Å². The molecular weight excluding hydrogens is 357 g/mol. The molecule has 1 aromatic carbocycles. The van der Waals surface area contributed by atoms with Crippen molar-refractivity contribution in [3.8, 4) is 0 Å². The third-order valence-electron chi connectivity index (χ3n) is 3.33. The number of nitrogens with one attached hydrogen (secondary N) is 1. The molecule has 0 spiro atoms. The Morgan fingerprint density at radius 2 is 1.88 bits per heavy atom. The number of hydrogen-bond donors (Lipinski definition) is 1. The summed E-state index contributed by atoms with van der Waals surface area (Å²) < 4.78 is 17.6. The van der Waals surface area contributed by atoms with Gasteiger partial charge in [-0.1, -0.05) is 11.6 Å². The molecule has 2 aromatic rings. The summed E-state index contributed by atoms with van der Waals surface area (Å²) in [5.74, 6) is -2.16. The first-order valence-electron chi connectivity index (χ1n) is 6.66. The van der Waals surface area contributed by atoms with Crippen molar-refractivity contribution in [3.63, 3.8) is 0 Å². The Kier molecular flexibility index (Phi) is 4.21. The summed E-state index contributed by atoms with van der Waals surface area (Å²) in [7, 11) is 1.21. The number of ether oxygens (including phenoxy) is 1. The van der Waals surface area contributed by atoms with Gasteiger partial charge in [0.15, 0.2) is 0 Å². The number of Topliss-reactive ketones (excluding diaryl/α,β-unsaturated/α-hetero) is 2. The second kappa shape index (κ2) is 6.18. The molecule has 1 heterocycles. The summed E-state index contributed by atoms with van der Waals surface area (Å²) in [5.41, 5.74) is 0.368. The van der Waals surface area contributed by atoms with Crippen molar-refractivity contribution in [1.29, 1.82) is 0 Å². The molecule has 0 saturated carbocycles. The van der Waals surface area contributed by atoms with Gasteiger partial charge in [0, 0.05) is 11.3 Å². The van der Waals surface area contributed by atoms with Gasteiger partial charge in [0.1, 0.15) is 21.4 Å². The molecule has 1 N–H and O–H groups in total. The van der Waals surface area contributed by atoms with Crippen LogP contribution in [0, 0.1) is 5.82 Å². The van der Waals surface area contributed by atoms with Crippen LogP contribution < -0.4 is 5.32 Å². The minimum Gasteiger partial charge on any atom is -0.465 e. The van der Waals surface area contributed by atoms with Gasteiger partial charge in [-0.25, -0.2) is 9.18 Å². The molecule has 0 aliphatic heterocycles. The Bertz CT molecular complexity index is 901. The van der Waals surface area contributed by atoms with E-state index in [1.165, 1.54) is 37.4 Å². The fourth-order valence-electron chi connectivity index (χ4n) is 2.17. The molecule has 8 heteroatoms. The lowest BCUT2D eigenvalue weighted by atomic mass is 9.99. The summed E-state index contributed by atoms with van der Waals surface area (Å²) in [6.45, 7) is 0. The molecule has 0 bridgehead atoms. The molecule has 122 valence electrons. The highest BCUT2D eigenvalue weighted by atomic mass is 35.5. The van der Waals surface area contributed by atoms with Gasteiger partial charge in [-0.3, -0.25) is 9.59 Å². The fraction of sp³-hybridized carbons (Fsp3) is 0.0625. The summed E-state index contributed by atoms with van der Waals surface area (Å²) in [4.78, 5) is 36.8. The van der Waals surface area contributed by atoms with Gasteiger partial charge < -0.3 is 10.1 Å². The molecule has 0 radical (unpaired) electrons. The molecule has 24 heavy (non-hydrogen) atoms. The first kappa shape index (κ1) is 16.4. The number of anilines is 1. The van der Waals surface area contributed by atoms with Crippen LogP contribution in [0.25, 0.3) is 0 Å². The number of halogens is 2. The van der Waals surface area contributed by atoms with Gasteiger partial charge in [-0.05, 0) is 30.3 Å². The lowest BCUT2D eigenvalue weighted by Crippen LogP contribution is -2.22. The molecule has 0 fully saturated rings. The quantitative estimate of drug-likeness (QED) is 0.841. The second-order valence-corrected chi connectivity index (χ2v) is 6.25. The summed E-state index contributed by atoms with van der Waals surface area (Å²) >= 11 is 6.88. The number of thiophene rings is 1. The highest BCUT2D eigenvalue weighted by Gasteiger charge is 2.35. The number of methoxy groups -OCH3 is 1. The van der Waals surface area contributed by atoms with Crippen LogP contribution in [0.1, 0.15) is 29.7 Å². The minimum atomic E-state index is -0.640. The van der Waals surface area contributed by atoms with Gasteiger partial charge in [-0.15, -0.1) is 11.3 Å². The molecule has 0 atom stereocenters. The molecule has 0 saturated heterocycles. The lowest BCUT2D eigenvalue weighted by molar-refractivity contribution is 0.0606. The smallest absolute Gasteiger partial charge is 0.348 e. The maximum Gasteiger partial charge on any atom is 0.348 e. The van der Waals surface area contributed by atoms with Gasteiger partial charge in [-0.2, -0.15) is 0 Å². The van der Waals surface area contributed by atoms with E-state index < -0.39 is 23.4 Å². The number of rotatable bonds is 3. The predicted octanol–water partition coefficient (Wildman–Crippen LogP) is 3.62. The summed E-state index contributed by atoms with van der Waals surface area (Å²) in [5, 5.41) is 2.45. The highest BCUT2D eigenvalue weighted by molar-refractivity contribution is 7.16. The zero-order chi connectivity index (χ0) is 17.4. The van der Waals surface area contributed by atoms with E-state index in [9.17, 15) is 18.8 Å². The van der Waals surface area contributed by atoms with Crippen molar-refractivity contribution < 1.29 is 23.5 Å². The van der Waals surface area contributed by atoms with Crippen LogP contribution in [0.2, 0.25) is 0 Å². The first-order valence-corrected chi connectivity index (χ1v) is 7.85. The van der Waals surface area contributed by atoms with Gasteiger partial charge in [0.2, 0.25) is 11.6 Å². The molecule has 1 aromatic heterocycles. The number of fused-ring (bicyclic) bond motifs is 1. The van der Waals surface area contributed by atoms with E-state index in [1.54, 1.807) is 0 Å². The Morgan fingerprint density at radius 1 is 1.21 bits per heavy atom. The van der Waals surface area contributed by atoms with E-state index in [0.717, 1.165) is 11.3 Å². The summed E-state index contributed by atoms with van der Waals surface area (Å²) in [6.07, 6.45) is 0. The molecule has 1 aliphatic rings. The number of carbonyl (C=O) groups is 3. The van der Waals surface area contributed by atoms with E-state index in [4.69, 9.17) is 11.6 Å². The third-order valence-corrected chi connectivity index (χ3v) is 4.80. The van der Waals surface area contributed by atoms with Crippen molar-refractivity contribution in [2.75, 3.05) is 12.4 Å². The van der Waals surface area contributed by atoms with Crippen LogP contribution in [0.4, 0.5) is 10.1 Å². The largest absolute Gasteiger partial charge is 0.465 e. The fourth-order valence-corrected chi connectivity index (χ4v) is 3.47. The van der Waals surface area contributed by atoms with Crippen LogP contribution >= 0.6 is 22.9 Å². The number of ketones is 2. The average Bonchev–Trinajstić information content (AvgIpc) is 3.03. The van der Waals surface area contributed by atoms with Crippen LogP contribution in [0.5, 0.6) is 0 Å². The van der Waals surface area contributed by atoms with E-state index in [2.05, 4.69) is 10.1 Å². The maximum atomic E-state index is 13.0. The maximum absolute atomic E-state index is 13.0. The zero-order valence-corrected chi connectivity index (χ0v) is 13.8. The number of esters is 1. The number of allylic oxidation sites excluding steroid dienone is 2. The van der Waals surface area contributed by atoms with E-state index in [-0.39, 0.29) is 26.0 Å². The molecule has 0 amide bonds. The topological polar surface area (TPSA) is 72.5 Å². The average molecular weight is 366 g/mol. The van der Waals surface area contributed by atoms with Gasteiger partial charge in [0.05, 0.1) is 12.0 Å². The van der Waals surface area contributed by atoms with E-state index >= 15 is 0 Å². The number of carbonyl (C=O) groups excluding carboxylic acids is 3. The number of benzene rings is 1. The standard InChI is InChI=1S/C16H9ClFNO4S/c1-23-16(22)10-6-9-13(20)12(11(17)14(21)15(9)24-10)19-8-4-2-7(18)3-5-8/h2-6,19H,1H3. The Morgan fingerprint density at radius 3 is 2.50 bits per heavy atom. The first-order chi connectivity index (χ1) is 11.4.